The Kier molecular flexibility index (Phi) is 3.36. The molecule has 4 rings (SSSR count). The van der Waals surface area contributed by atoms with E-state index in [1.807, 2.05) is 12.1 Å². The van der Waals surface area contributed by atoms with Gasteiger partial charge < -0.3 is 10.3 Å². The zero-order valence-corrected chi connectivity index (χ0v) is 12.7. The highest BCUT2D eigenvalue weighted by Crippen LogP contribution is 2.41. The van der Waals surface area contributed by atoms with Gasteiger partial charge in [0.05, 0.1) is 11.0 Å². The van der Waals surface area contributed by atoms with Crippen LogP contribution in [0.1, 0.15) is 63.1 Å². The van der Waals surface area contributed by atoms with Crippen LogP contribution in [0.3, 0.4) is 0 Å². The van der Waals surface area contributed by atoms with E-state index >= 15 is 0 Å². The first kappa shape index (κ1) is 13.2. The lowest BCUT2D eigenvalue weighted by Gasteiger charge is -2.12. The van der Waals surface area contributed by atoms with E-state index in [0.29, 0.717) is 5.92 Å². The normalized spacial score (nSPS) is 19.6. The maximum absolute atomic E-state index is 5.91. The minimum Gasteiger partial charge on any atom is -0.399 e. The Labute approximate surface area is 126 Å². The van der Waals surface area contributed by atoms with E-state index in [2.05, 4.69) is 10.6 Å². The molecule has 2 fully saturated rings. The van der Waals surface area contributed by atoms with Gasteiger partial charge in [0, 0.05) is 18.2 Å². The molecule has 2 aromatic rings. The van der Waals surface area contributed by atoms with Gasteiger partial charge in [0.25, 0.3) is 0 Å². The van der Waals surface area contributed by atoms with Crippen molar-refractivity contribution >= 4 is 16.7 Å². The first-order valence-electron chi connectivity index (χ1n) is 8.57. The molecule has 3 nitrogen and oxygen atoms in total. The van der Waals surface area contributed by atoms with Crippen LogP contribution < -0.4 is 5.73 Å². The lowest BCUT2D eigenvalue weighted by atomic mass is 10.0. The highest BCUT2D eigenvalue weighted by molar-refractivity contribution is 5.79. The molecule has 21 heavy (non-hydrogen) atoms. The molecule has 0 unspecified atom stereocenters. The molecule has 2 N–H and O–H groups in total. The number of nitrogens with zero attached hydrogens (tertiary/aromatic N) is 2. The third kappa shape index (κ3) is 2.66. The van der Waals surface area contributed by atoms with Crippen LogP contribution in [0.2, 0.25) is 0 Å². The van der Waals surface area contributed by atoms with Gasteiger partial charge in [-0.2, -0.15) is 0 Å². The average Bonchev–Trinajstić information content (AvgIpc) is 3.07. The molecule has 2 saturated carbocycles. The molecule has 1 heterocycles. The second-order valence-corrected chi connectivity index (χ2v) is 6.94. The Bertz CT molecular complexity index is 633. The van der Waals surface area contributed by atoms with Crippen molar-refractivity contribution in [2.45, 2.75) is 63.8 Å². The molecule has 2 aliphatic carbocycles. The lowest BCUT2D eigenvalue weighted by Crippen LogP contribution is -2.05. The van der Waals surface area contributed by atoms with Gasteiger partial charge in [-0.25, -0.2) is 4.98 Å². The topological polar surface area (TPSA) is 43.8 Å². The fourth-order valence-electron chi connectivity index (χ4n) is 3.89. The number of imidazole rings is 1. The number of rotatable bonds is 5. The fourth-order valence-corrected chi connectivity index (χ4v) is 3.89. The van der Waals surface area contributed by atoms with Crippen LogP contribution in [0.25, 0.3) is 11.0 Å². The number of hydrogen-bond acceptors (Lipinski definition) is 2. The predicted molar refractivity (Wildman–Crippen MR) is 87.3 cm³/mol. The minimum atomic E-state index is 0.699. The van der Waals surface area contributed by atoms with Crippen molar-refractivity contribution in [2.75, 3.05) is 5.73 Å². The molecular formula is C18H25N3. The van der Waals surface area contributed by atoms with E-state index in [4.69, 9.17) is 10.7 Å². The SMILES string of the molecule is Nc1ccc2c(c1)nc(C1CC1)n2CCCC1CCCC1. The van der Waals surface area contributed by atoms with Crippen LogP contribution in [0, 0.1) is 5.92 Å². The van der Waals surface area contributed by atoms with E-state index < -0.39 is 0 Å². The molecular weight excluding hydrogens is 258 g/mol. The Balaban J connectivity index is 1.55. The van der Waals surface area contributed by atoms with Gasteiger partial charge in [0.2, 0.25) is 0 Å². The highest BCUT2D eigenvalue weighted by atomic mass is 15.1. The van der Waals surface area contributed by atoms with Gasteiger partial charge in [0.1, 0.15) is 5.82 Å². The Morgan fingerprint density at radius 2 is 1.95 bits per heavy atom. The summed E-state index contributed by atoms with van der Waals surface area (Å²) < 4.78 is 2.47. The summed E-state index contributed by atoms with van der Waals surface area (Å²) in [6.07, 6.45) is 11.1. The fraction of sp³-hybridized carbons (Fsp3) is 0.611. The summed E-state index contributed by atoms with van der Waals surface area (Å²) in [4.78, 5) is 4.87. The van der Waals surface area contributed by atoms with Crippen molar-refractivity contribution < 1.29 is 0 Å². The lowest BCUT2D eigenvalue weighted by molar-refractivity contribution is 0.457. The summed E-state index contributed by atoms with van der Waals surface area (Å²) in [5, 5.41) is 0. The maximum atomic E-state index is 5.91. The third-order valence-electron chi connectivity index (χ3n) is 5.21. The van der Waals surface area contributed by atoms with Gasteiger partial charge in [0.15, 0.2) is 0 Å². The molecule has 0 radical (unpaired) electrons. The molecule has 0 amide bonds. The number of fused-ring (bicyclic) bond motifs is 1. The van der Waals surface area contributed by atoms with E-state index in [-0.39, 0.29) is 0 Å². The molecule has 112 valence electrons. The predicted octanol–water partition coefficient (Wildman–Crippen LogP) is 4.47. The van der Waals surface area contributed by atoms with Crippen LogP contribution in [-0.2, 0) is 6.54 Å². The number of nitrogen functional groups attached to an aromatic ring is 1. The smallest absolute Gasteiger partial charge is 0.112 e. The van der Waals surface area contributed by atoms with Crippen LogP contribution >= 0.6 is 0 Å². The van der Waals surface area contributed by atoms with E-state index in [9.17, 15) is 0 Å². The number of anilines is 1. The highest BCUT2D eigenvalue weighted by Gasteiger charge is 2.29. The van der Waals surface area contributed by atoms with Crippen LogP contribution in [0.4, 0.5) is 5.69 Å². The summed E-state index contributed by atoms with van der Waals surface area (Å²) in [6, 6.07) is 6.18. The zero-order valence-electron chi connectivity index (χ0n) is 12.7. The van der Waals surface area contributed by atoms with Crippen molar-refractivity contribution in [3.8, 4) is 0 Å². The molecule has 1 aromatic heterocycles. The Morgan fingerprint density at radius 1 is 1.14 bits per heavy atom. The molecule has 0 spiro atoms. The standard InChI is InChI=1S/C18H25N3/c19-15-9-10-17-16(12-15)20-18(14-7-8-14)21(17)11-3-6-13-4-1-2-5-13/h9-10,12-14H,1-8,11,19H2. The van der Waals surface area contributed by atoms with Crippen molar-refractivity contribution in [1.82, 2.24) is 9.55 Å². The summed E-state index contributed by atoms with van der Waals surface area (Å²) >= 11 is 0. The van der Waals surface area contributed by atoms with E-state index in [1.54, 1.807) is 0 Å². The first-order valence-corrected chi connectivity index (χ1v) is 8.57. The average molecular weight is 283 g/mol. The maximum Gasteiger partial charge on any atom is 0.112 e. The number of aryl methyl sites for hydroxylation is 1. The van der Waals surface area contributed by atoms with Gasteiger partial charge in [-0.15, -0.1) is 0 Å². The third-order valence-corrected chi connectivity index (χ3v) is 5.21. The largest absolute Gasteiger partial charge is 0.399 e. The van der Waals surface area contributed by atoms with Gasteiger partial charge in [-0.05, 0) is 49.8 Å². The van der Waals surface area contributed by atoms with Crippen LogP contribution in [0.5, 0.6) is 0 Å². The van der Waals surface area contributed by atoms with E-state index in [0.717, 1.165) is 23.7 Å². The summed E-state index contributed by atoms with van der Waals surface area (Å²) in [7, 11) is 0. The summed E-state index contributed by atoms with van der Waals surface area (Å²) in [5.74, 6) is 2.99. The van der Waals surface area contributed by atoms with Gasteiger partial charge in [-0.1, -0.05) is 25.7 Å². The Hall–Kier alpha value is -1.51. The second-order valence-electron chi connectivity index (χ2n) is 6.94. The van der Waals surface area contributed by atoms with E-state index in [1.165, 1.54) is 62.7 Å². The number of nitrogens with two attached hydrogens (primary N) is 1. The van der Waals surface area contributed by atoms with Crippen LogP contribution in [0.15, 0.2) is 18.2 Å². The quantitative estimate of drug-likeness (QED) is 0.823. The van der Waals surface area contributed by atoms with Crippen molar-refractivity contribution in [1.29, 1.82) is 0 Å². The number of aromatic nitrogens is 2. The summed E-state index contributed by atoms with van der Waals surface area (Å²) in [5.41, 5.74) is 9.09. The van der Waals surface area contributed by atoms with Crippen molar-refractivity contribution in [3.05, 3.63) is 24.0 Å². The number of benzene rings is 1. The first-order chi connectivity index (χ1) is 10.3. The van der Waals surface area contributed by atoms with Crippen molar-refractivity contribution in [2.24, 2.45) is 5.92 Å². The molecule has 3 heteroatoms. The van der Waals surface area contributed by atoms with Crippen LogP contribution in [-0.4, -0.2) is 9.55 Å². The second kappa shape index (κ2) is 5.36. The zero-order chi connectivity index (χ0) is 14.2. The molecule has 0 atom stereocenters. The Morgan fingerprint density at radius 3 is 2.71 bits per heavy atom. The summed E-state index contributed by atoms with van der Waals surface area (Å²) in [6.45, 7) is 1.13. The molecule has 0 saturated heterocycles. The molecule has 0 bridgehead atoms. The molecule has 0 aliphatic heterocycles. The van der Waals surface area contributed by atoms with Gasteiger partial charge in [-0.3, -0.25) is 0 Å². The monoisotopic (exact) mass is 283 g/mol. The van der Waals surface area contributed by atoms with Crippen molar-refractivity contribution in [3.63, 3.8) is 0 Å². The number of hydrogen-bond donors (Lipinski definition) is 1. The minimum absolute atomic E-state index is 0.699. The van der Waals surface area contributed by atoms with Gasteiger partial charge >= 0.3 is 0 Å². The molecule has 1 aromatic carbocycles. The molecule has 2 aliphatic rings.